The van der Waals surface area contributed by atoms with Crippen LogP contribution in [0, 0.1) is 6.92 Å². The molecule has 3 rings (SSSR count). The zero-order chi connectivity index (χ0) is 21.5. The van der Waals surface area contributed by atoms with Gasteiger partial charge in [-0.15, -0.1) is 0 Å². The lowest BCUT2D eigenvalue weighted by atomic mass is 10.2. The van der Waals surface area contributed by atoms with Gasteiger partial charge in [0.15, 0.2) is 0 Å². The van der Waals surface area contributed by atoms with Gasteiger partial charge in [-0.05, 0) is 49.6 Å². The molecule has 1 aliphatic rings. The minimum atomic E-state index is -0.353. The summed E-state index contributed by atoms with van der Waals surface area (Å²) in [5, 5.41) is 6.49. The van der Waals surface area contributed by atoms with E-state index in [4.69, 9.17) is 25.8 Å². The van der Waals surface area contributed by atoms with E-state index in [-0.39, 0.29) is 12.0 Å². The fourth-order valence-electron chi connectivity index (χ4n) is 3.06. The van der Waals surface area contributed by atoms with E-state index in [2.05, 4.69) is 15.6 Å². The van der Waals surface area contributed by atoms with E-state index in [1.807, 2.05) is 25.1 Å². The maximum absolute atomic E-state index is 12.9. The van der Waals surface area contributed by atoms with Gasteiger partial charge in [0, 0.05) is 18.2 Å². The van der Waals surface area contributed by atoms with Crippen LogP contribution in [0.2, 0.25) is 5.02 Å². The summed E-state index contributed by atoms with van der Waals surface area (Å²) < 4.78 is 16.1. The highest BCUT2D eigenvalue weighted by Crippen LogP contribution is 2.24. The second kappa shape index (κ2) is 10.3. The minimum Gasteiger partial charge on any atom is -0.497 e. The average molecular weight is 432 g/mol. The Bertz CT molecular complexity index is 904. The molecule has 0 aromatic heterocycles. The lowest BCUT2D eigenvalue weighted by Crippen LogP contribution is -2.37. The number of carbonyl (C=O) groups is 1. The number of anilines is 1. The van der Waals surface area contributed by atoms with Crippen molar-refractivity contribution in [3.63, 3.8) is 0 Å². The van der Waals surface area contributed by atoms with E-state index in [0.717, 1.165) is 25.0 Å². The summed E-state index contributed by atoms with van der Waals surface area (Å²) in [6.07, 6.45) is 2.01. The third-order valence-electron chi connectivity index (χ3n) is 4.70. The lowest BCUT2D eigenvalue weighted by molar-refractivity contribution is 0.0975. The van der Waals surface area contributed by atoms with Crippen LogP contribution in [0.15, 0.2) is 41.4 Å². The van der Waals surface area contributed by atoms with Crippen LogP contribution in [0.5, 0.6) is 11.5 Å². The number of ether oxygens (including phenoxy) is 3. The van der Waals surface area contributed by atoms with Crippen LogP contribution in [-0.4, -0.2) is 45.3 Å². The molecule has 1 aliphatic heterocycles. The number of halogens is 1. The molecule has 0 spiro atoms. The summed E-state index contributed by atoms with van der Waals surface area (Å²) in [4.78, 5) is 17.5. The van der Waals surface area contributed by atoms with Crippen molar-refractivity contribution in [2.45, 2.75) is 25.9 Å². The third-order valence-corrected chi connectivity index (χ3v) is 5.01. The molecule has 8 heteroatoms. The average Bonchev–Trinajstić information content (AvgIpc) is 3.27. The lowest BCUT2D eigenvalue weighted by Gasteiger charge is -2.15. The van der Waals surface area contributed by atoms with E-state index < -0.39 is 0 Å². The zero-order valence-electron chi connectivity index (χ0n) is 17.3. The Morgan fingerprint density at radius 1 is 1.20 bits per heavy atom. The molecule has 1 heterocycles. The highest BCUT2D eigenvalue weighted by molar-refractivity contribution is 6.34. The molecule has 30 heavy (non-hydrogen) atoms. The number of rotatable bonds is 6. The van der Waals surface area contributed by atoms with Crippen LogP contribution >= 0.6 is 11.6 Å². The number of amides is 1. The van der Waals surface area contributed by atoms with Crippen LogP contribution in [0.25, 0.3) is 0 Å². The maximum Gasteiger partial charge on any atom is 0.258 e. The number of hydrogen-bond acceptors (Lipinski definition) is 5. The van der Waals surface area contributed by atoms with E-state index >= 15 is 0 Å². The smallest absolute Gasteiger partial charge is 0.258 e. The molecular weight excluding hydrogens is 406 g/mol. The number of hydrogen-bond donors (Lipinski definition) is 2. The molecule has 2 N–H and O–H groups in total. The van der Waals surface area contributed by atoms with Gasteiger partial charge in [-0.2, -0.15) is 0 Å². The predicted octanol–water partition coefficient (Wildman–Crippen LogP) is 4.04. The fraction of sp³-hybridized carbons (Fsp3) is 0.364. The Balaban J connectivity index is 1.82. The molecule has 1 fully saturated rings. The van der Waals surface area contributed by atoms with Crippen LogP contribution in [-0.2, 0) is 4.74 Å². The van der Waals surface area contributed by atoms with Gasteiger partial charge in [0.25, 0.3) is 5.91 Å². The first-order chi connectivity index (χ1) is 14.5. The normalized spacial score (nSPS) is 16.3. The van der Waals surface area contributed by atoms with Gasteiger partial charge in [-0.25, -0.2) is 4.99 Å². The van der Waals surface area contributed by atoms with Crippen LogP contribution < -0.4 is 20.1 Å². The largest absolute Gasteiger partial charge is 0.497 e. The van der Waals surface area contributed by atoms with Crippen molar-refractivity contribution < 1.29 is 19.0 Å². The summed E-state index contributed by atoms with van der Waals surface area (Å²) in [5.41, 5.74) is 2.07. The Kier molecular flexibility index (Phi) is 7.54. The number of guanidine groups is 1. The summed E-state index contributed by atoms with van der Waals surface area (Å²) in [5.74, 6) is 0.982. The molecule has 7 nitrogen and oxygen atoms in total. The molecule has 0 unspecified atom stereocenters. The molecule has 0 saturated carbocycles. The molecule has 0 radical (unpaired) electrons. The van der Waals surface area contributed by atoms with Gasteiger partial charge in [-0.1, -0.05) is 17.7 Å². The van der Waals surface area contributed by atoms with Gasteiger partial charge < -0.3 is 19.5 Å². The van der Waals surface area contributed by atoms with Gasteiger partial charge in [-0.3, -0.25) is 10.1 Å². The van der Waals surface area contributed by atoms with Crippen molar-refractivity contribution in [3.8, 4) is 11.5 Å². The summed E-state index contributed by atoms with van der Waals surface area (Å²) >= 11 is 6.35. The van der Waals surface area contributed by atoms with Crippen LogP contribution in [0.4, 0.5) is 5.69 Å². The molecule has 0 bridgehead atoms. The number of nitrogens with zero attached hydrogens (tertiary/aromatic N) is 1. The fourth-order valence-corrected chi connectivity index (χ4v) is 3.34. The predicted molar refractivity (Wildman–Crippen MR) is 118 cm³/mol. The van der Waals surface area contributed by atoms with E-state index in [0.29, 0.717) is 40.3 Å². The van der Waals surface area contributed by atoms with Gasteiger partial charge in [0.1, 0.15) is 11.5 Å². The number of benzene rings is 2. The molecule has 2 aromatic rings. The van der Waals surface area contributed by atoms with Gasteiger partial charge >= 0.3 is 0 Å². The van der Waals surface area contributed by atoms with E-state index in [9.17, 15) is 4.79 Å². The molecule has 160 valence electrons. The number of aryl methyl sites for hydroxylation is 1. The molecule has 1 atom stereocenters. The number of methoxy groups -OCH3 is 2. The van der Waals surface area contributed by atoms with Crippen molar-refractivity contribution in [3.05, 3.63) is 52.5 Å². The van der Waals surface area contributed by atoms with Crippen molar-refractivity contribution >= 4 is 29.2 Å². The second-order valence-electron chi connectivity index (χ2n) is 6.99. The van der Waals surface area contributed by atoms with E-state index in [1.54, 1.807) is 18.2 Å². The van der Waals surface area contributed by atoms with Crippen LogP contribution in [0.3, 0.4) is 0 Å². The summed E-state index contributed by atoms with van der Waals surface area (Å²) in [6, 6.07) is 10.6. The van der Waals surface area contributed by atoms with Crippen molar-refractivity contribution in [2.24, 2.45) is 4.99 Å². The van der Waals surface area contributed by atoms with E-state index in [1.165, 1.54) is 14.2 Å². The van der Waals surface area contributed by atoms with Crippen molar-refractivity contribution in [1.29, 1.82) is 0 Å². The first kappa shape index (κ1) is 21.9. The Labute approximate surface area is 181 Å². The quantitative estimate of drug-likeness (QED) is 0.533. The highest BCUT2D eigenvalue weighted by atomic mass is 35.5. The monoisotopic (exact) mass is 431 g/mol. The molecule has 2 aromatic carbocycles. The number of aliphatic imine (C=N–C) groups is 1. The first-order valence-electron chi connectivity index (χ1n) is 9.72. The van der Waals surface area contributed by atoms with Crippen molar-refractivity contribution in [2.75, 3.05) is 32.7 Å². The molecule has 0 aliphatic carbocycles. The molecular formula is C22H26ClN3O4. The SMILES string of the molecule is COc1cc(OC)cc(C(=O)NC(=NC[C@H]2CCCO2)Nc2ccc(C)cc2Cl)c1. The standard InChI is InChI=1S/C22H26ClN3O4/c1-14-6-7-20(19(23)9-14)25-22(24-13-16-5-4-8-30-16)26-21(27)15-10-17(28-2)12-18(11-15)29-3/h6-7,9-12,16H,4-5,8,13H2,1-3H3,(H2,24,25,26,27)/t16-/m1/s1. The van der Waals surface area contributed by atoms with Gasteiger partial charge in [0.2, 0.25) is 5.96 Å². The number of carbonyl (C=O) groups excluding carboxylic acids is 1. The Hall–Kier alpha value is -2.77. The number of nitrogens with one attached hydrogen (secondary N) is 2. The topological polar surface area (TPSA) is 81.2 Å². The molecule has 1 saturated heterocycles. The molecule has 1 amide bonds. The highest BCUT2D eigenvalue weighted by Gasteiger charge is 2.17. The van der Waals surface area contributed by atoms with Crippen LogP contribution in [0.1, 0.15) is 28.8 Å². The minimum absolute atomic E-state index is 0.0455. The first-order valence-corrected chi connectivity index (χ1v) is 10.1. The summed E-state index contributed by atoms with van der Waals surface area (Å²) in [7, 11) is 3.07. The summed E-state index contributed by atoms with van der Waals surface area (Å²) in [6.45, 7) is 3.14. The maximum atomic E-state index is 12.9. The Morgan fingerprint density at radius 2 is 1.93 bits per heavy atom. The Morgan fingerprint density at radius 3 is 2.53 bits per heavy atom. The van der Waals surface area contributed by atoms with Gasteiger partial charge in [0.05, 0.1) is 37.6 Å². The second-order valence-corrected chi connectivity index (χ2v) is 7.40. The zero-order valence-corrected chi connectivity index (χ0v) is 18.1. The third kappa shape index (κ3) is 5.87. The van der Waals surface area contributed by atoms with Crippen molar-refractivity contribution in [1.82, 2.24) is 5.32 Å².